The van der Waals surface area contributed by atoms with Crippen molar-refractivity contribution in [1.29, 1.82) is 0 Å². The summed E-state index contributed by atoms with van der Waals surface area (Å²) in [7, 11) is 0. The molecule has 1 aromatic rings. The van der Waals surface area contributed by atoms with Gasteiger partial charge in [-0.1, -0.05) is 6.07 Å². The molecule has 3 rings (SSSR count). The van der Waals surface area contributed by atoms with Gasteiger partial charge in [0.2, 0.25) is 5.91 Å². The monoisotopic (exact) mass is 349 g/mol. The normalized spacial score (nSPS) is 17.4. The Labute approximate surface area is 146 Å². The lowest BCUT2D eigenvalue weighted by molar-refractivity contribution is -0.130. The summed E-state index contributed by atoms with van der Waals surface area (Å²) in [5, 5.41) is 2.99. The van der Waals surface area contributed by atoms with E-state index in [9.17, 15) is 14.0 Å². The Morgan fingerprint density at radius 2 is 1.88 bits per heavy atom. The third kappa shape index (κ3) is 4.41. The minimum atomic E-state index is -0.334. The van der Waals surface area contributed by atoms with Gasteiger partial charge in [0, 0.05) is 31.9 Å². The average Bonchev–Trinajstić information content (AvgIpc) is 3.45. The number of anilines is 1. The van der Waals surface area contributed by atoms with E-state index in [1.807, 2.05) is 6.07 Å². The lowest BCUT2D eigenvalue weighted by Crippen LogP contribution is -2.51. The number of hydrogen-bond donors (Lipinski definition) is 1. The van der Waals surface area contributed by atoms with Gasteiger partial charge in [-0.2, -0.15) is 0 Å². The number of rotatable bonds is 5. The largest absolute Gasteiger partial charge is 0.450 e. The highest BCUT2D eigenvalue weighted by Crippen LogP contribution is 2.41. The van der Waals surface area contributed by atoms with Gasteiger partial charge in [-0.15, -0.1) is 0 Å². The Hall–Kier alpha value is -2.31. The van der Waals surface area contributed by atoms with Crippen molar-refractivity contribution >= 4 is 17.7 Å². The zero-order valence-corrected chi connectivity index (χ0v) is 14.5. The SMILES string of the molecule is CCOC(=O)N1CCN(C(=O)CNc2ccc(C3CC3)c(F)c2)CC1. The topological polar surface area (TPSA) is 61.9 Å². The zero-order chi connectivity index (χ0) is 17.8. The van der Waals surface area contributed by atoms with Crippen molar-refractivity contribution in [3.63, 3.8) is 0 Å². The second kappa shape index (κ2) is 7.72. The molecule has 2 amide bonds. The first-order chi connectivity index (χ1) is 12.1. The summed E-state index contributed by atoms with van der Waals surface area (Å²) >= 11 is 0. The van der Waals surface area contributed by atoms with E-state index in [-0.39, 0.29) is 24.4 Å². The number of ether oxygens (including phenoxy) is 1. The van der Waals surface area contributed by atoms with E-state index in [1.165, 1.54) is 6.07 Å². The van der Waals surface area contributed by atoms with E-state index in [4.69, 9.17) is 4.74 Å². The molecule has 0 unspecified atom stereocenters. The first kappa shape index (κ1) is 17.5. The van der Waals surface area contributed by atoms with E-state index >= 15 is 0 Å². The summed E-state index contributed by atoms with van der Waals surface area (Å²) in [5.41, 5.74) is 1.38. The molecule has 2 fully saturated rings. The van der Waals surface area contributed by atoms with Crippen LogP contribution in [-0.2, 0) is 9.53 Å². The van der Waals surface area contributed by atoms with Gasteiger partial charge >= 0.3 is 6.09 Å². The van der Waals surface area contributed by atoms with Crippen LogP contribution in [0.1, 0.15) is 31.2 Å². The van der Waals surface area contributed by atoms with Gasteiger partial charge in [0.1, 0.15) is 5.82 Å². The molecule has 1 saturated heterocycles. The van der Waals surface area contributed by atoms with Crippen LogP contribution in [0.15, 0.2) is 18.2 Å². The van der Waals surface area contributed by atoms with E-state index in [2.05, 4.69) is 5.32 Å². The number of amides is 2. The third-order valence-corrected chi connectivity index (χ3v) is 4.62. The van der Waals surface area contributed by atoms with Crippen molar-refractivity contribution in [2.75, 3.05) is 44.6 Å². The molecular formula is C18H24FN3O3. The fraction of sp³-hybridized carbons (Fsp3) is 0.556. The first-order valence-corrected chi connectivity index (χ1v) is 8.81. The number of hydrogen-bond acceptors (Lipinski definition) is 4. The number of halogens is 1. The zero-order valence-electron chi connectivity index (χ0n) is 14.5. The third-order valence-electron chi connectivity index (χ3n) is 4.62. The molecule has 0 radical (unpaired) electrons. The summed E-state index contributed by atoms with van der Waals surface area (Å²) in [5.74, 6) is 0.101. The Morgan fingerprint density at radius 3 is 2.48 bits per heavy atom. The Kier molecular flexibility index (Phi) is 5.40. The predicted molar refractivity (Wildman–Crippen MR) is 92.0 cm³/mol. The van der Waals surface area contributed by atoms with Gasteiger partial charge in [-0.05, 0) is 43.4 Å². The van der Waals surface area contributed by atoms with Crippen molar-refractivity contribution in [3.05, 3.63) is 29.6 Å². The molecule has 7 heteroatoms. The fourth-order valence-corrected chi connectivity index (χ4v) is 3.01. The van der Waals surface area contributed by atoms with E-state index in [0.717, 1.165) is 18.4 Å². The highest BCUT2D eigenvalue weighted by Gasteiger charge is 2.27. The van der Waals surface area contributed by atoms with Gasteiger partial charge in [0.05, 0.1) is 13.2 Å². The van der Waals surface area contributed by atoms with Crippen molar-refractivity contribution < 1.29 is 18.7 Å². The van der Waals surface area contributed by atoms with Crippen LogP contribution < -0.4 is 5.32 Å². The molecule has 0 bridgehead atoms. The average molecular weight is 349 g/mol. The van der Waals surface area contributed by atoms with E-state index < -0.39 is 0 Å². The van der Waals surface area contributed by atoms with E-state index in [1.54, 1.807) is 22.8 Å². The van der Waals surface area contributed by atoms with Crippen LogP contribution in [0.5, 0.6) is 0 Å². The molecule has 1 N–H and O–H groups in total. The molecule has 2 aliphatic rings. The van der Waals surface area contributed by atoms with Crippen molar-refractivity contribution in [1.82, 2.24) is 9.80 Å². The van der Waals surface area contributed by atoms with Gasteiger partial charge in [0.25, 0.3) is 0 Å². The summed E-state index contributed by atoms with van der Waals surface area (Å²) in [4.78, 5) is 27.2. The summed E-state index contributed by atoms with van der Waals surface area (Å²) < 4.78 is 19.0. The Balaban J connectivity index is 1.45. The first-order valence-electron chi connectivity index (χ1n) is 8.81. The fourth-order valence-electron chi connectivity index (χ4n) is 3.01. The van der Waals surface area contributed by atoms with Crippen LogP contribution >= 0.6 is 0 Å². The molecule has 1 heterocycles. The summed E-state index contributed by atoms with van der Waals surface area (Å²) in [6.45, 7) is 4.12. The second-order valence-electron chi connectivity index (χ2n) is 6.43. The molecular weight excluding hydrogens is 325 g/mol. The second-order valence-corrected chi connectivity index (χ2v) is 6.43. The van der Waals surface area contributed by atoms with Crippen LogP contribution in [0.25, 0.3) is 0 Å². The molecule has 0 atom stereocenters. The maximum atomic E-state index is 14.0. The Morgan fingerprint density at radius 1 is 1.20 bits per heavy atom. The standard InChI is InChI=1S/C18H24FN3O3/c1-2-25-18(24)22-9-7-21(8-10-22)17(23)12-20-14-5-6-15(13-3-4-13)16(19)11-14/h5-6,11,13,20H,2-4,7-10,12H2,1H3. The lowest BCUT2D eigenvalue weighted by atomic mass is 10.1. The van der Waals surface area contributed by atoms with Crippen LogP contribution in [0, 0.1) is 5.82 Å². The molecule has 1 saturated carbocycles. The number of piperazine rings is 1. The van der Waals surface area contributed by atoms with Gasteiger partial charge < -0.3 is 19.9 Å². The minimum absolute atomic E-state index is 0.0600. The molecule has 25 heavy (non-hydrogen) atoms. The highest BCUT2D eigenvalue weighted by molar-refractivity contribution is 5.81. The van der Waals surface area contributed by atoms with E-state index in [0.29, 0.717) is 44.4 Å². The summed E-state index contributed by atoms with van der Waals surface area (Å²) in [6, 6.07) is 5.08. The van der Waals surface area contributed by atoms with Crippen LogP contribution in [0.4, 0.5) is 14.9 Å². The van der Waals surface area contributed by atoms with Gasteiger partial charge in [-0.25, -0.2) is 9.18 Å². The van der Waals surface area contributed by atoms with Crippen molar-refractivity contribution in [2.24, 2.45) is 0 Å². The maximum absolute atomic E-state index is 14.0. The van der Waals surface area contributed by atoms with Gasteiger partial charge in [0.15, 0.2) is 0 Å². The number of nitrogens with zero attached hydrogens (tertiary/aromatic N) is 2. The number of carbonyl (C=O) groups excluding carboxylic acids is 2. The van der Waals surface area contributed by atoms with Crippen molar-refractivity contribution in [3.8, 4) is 0 Å². The molecule has 1 aliphatic carbocycles. The molecule has 136 valence electrons. The Bertz CT molecular complexity index is 640. The quantitative estimate of drug-likeness (QED) is 0.887. The molecule has 1 aliphatic heterocycles. The minimum Gasteiger partial charge on any atom is -0.450 e. The number of benzene rings is 1. The predicted octanol–water partition coefficient (Wildman–Crippen LogP) is 2.42. The molecule has 0 aromatic heterocycles. The van der Waals surface area contributed by atoms with Crippen LogP contribution in [0.3, 0.4) is 0 Å². The smallest absolute Gasteiger partial charge is 0.409 e. The number of nitrogens with one attached hydrogen (secondary N) is 1. The lowest BCUT2D eigenvalue weighted by Gasteiger charge is -2.34. The highest BCUT2D eigenvalue weighted by atomic mass is 19.1. The van der Waals surface area contributed by atoms with Crippen LogP contribution in [-0.4, -0.2) is 61.1 Å². The van der Waals surface area contributed by atoms with Crippen LogP contribution in [0.2, 0.25) is 0 Å². The van der Waals surface area contributed by atoms with Gasteiger partial charge in [-0.3, -0.25) is 4.79 Å². The maximum Gasteiger partial charge on any atom is 0.409 e. The molecule has 0 spiro atoms. The molecule has 6 nitrogen and oxygen atoms in total. The summed E-state index contributed by atoms with van der Waals surface area (Å²) in [6.07, 6.45) is 1.78. The number of carbonyl (C=O) groups is 2. The van der Waals surface area contributed by atoms with Crippen molar-refractivity contribution in [2.45, 2.75) is 25.7 Å². The molecule has 1 aromatic carbocycles.